The van der Waals surface area contributed by atoms with Crippen molar-refractivity contribution in [1.29, 1.82) is 0 Å². The standard InChI is InChI=1S/C25H20N6O2/c1-17-14-15-31(30-17)23-12-13-24(29-28-23)33-22-10-8-20(9-11-22)26-25(32)27-21-7-6-18-4-2-3-5-19(18)16-21/h2-16H,1H3,(H2,26,27,32). The molecule has 0 spiro atoms. The minimum atomic E-state index is -0.325. The SMILES string of the molecule is Cc1ccn(-c2ccc(Oc3ccc(NC(=O)Nc4ccc5ccccc5c4)cc3)nn2)n1. The first kappa shape index (κ1) is 20.2. The lowest BCUT2D eigenvalue weighted by atomic mass is 10.1. The fourth-order valence-corrected chi connectivity index (χ4v) is 3.32. The third kappa shape index (κ3) is 4.80. The average molecular weight is 436 g/mol. The molecule has 0 aliphatic rings. The van der Waals surface area contributed by atoms with Crippen LogP contribution in [0.15, 0.2) is 91.1 Å². The van der Waals surface area contributed by atoms with Crippen molar-refractivity contribution in [3.05, 3.63) is 96.8 Å². The van der Waals surface area contributed by atoms with Crippen LogP contribution in [0.25, 0.3) is 16.6 Å². The molecule has 0 saturated carbocycles. The number of hydrogen-bond donors (Lipinski definition) is 2. The van der Waals surface area contributed by atoms with Crippen LogP contribution < -0.4 is 15.4 Å². The second-order valence-corrected chi connectivity index (χ2v) is 7.40. The second kappa shape index (κ2) is 8.80. The Balaban J connectivity index is 1.19. The van der Waals surface area contributed by atoms with Gasteiger partial charge in [0.2, 0.25) is 5.88 Å². The molecule has 2 heterocycles. The van der Waals surface area contributed by atoms with E-state index in [-0.39, 0.29) is 6.03 Å². The molecular weight excluding hydrogens is 416 g/mol. The zero-order chi connectivity index (χ0) is 22.6. The van der Waals surface area contributed by atoms with Crippen LogP contribution in [0.5, 0.6) is 11.6 Å². The smallest absolute Gasteiger partial charge is 0.323 e. The molecular formula is C25H20N6O2. The molecule has 2 aromatic heterocycles. The van der Waals surface area contributed by atoms with Gasteiger partial charge in [0, 0.05) is 23.6 Å². The van der Waals surface area contributed by atoms with E-state index in [1.165, 1.54) is 0 Å². The summed E-state index contributed by atoms with van der Waals surface area (Å²) in [5, 5.41) is 20.4. The summed E-state index contributed by atoms with van der Waals surface area (Å²) < 4.78 is 7.39. The topological polar surface area (TPSA) is 94.0 Å². The fourth-order valence-electron chi connectivity index (χ4n) is 3.32. The highest BCUT2D eigenvalue weighted by molar-refractivity contribution is 6.01. The quantitative estimate of drug-likeness (QED) is 0.376. The number of aromatic nitrogens is 4. The molecule has 3 aromatic carbocycles. The summed E-state index contributed by atoms with van der Waals surface area (Å²) in [5.41, 5.74) is 2.26. The first-order chi connectivity index (χ1) is 16.1. The number of nitrogens with one attached hydrogen (secondary N) is 2. The van der Waals surface area contributed by atoms with Gasteiger partial charge >= 0.3 is 6.03 Å². The number of ether oxygens (including phenoxy) is 1. The number of anilines is 2. The largest absolute Gasteiger partial charge is 0.438 e. The molecule has 33 heavy (non-hydrogen) atoms. The molecule has 0 saturated heterocycles. The number of nitrogens with zero attached hydrogens (tertiary/aromatic N) is 4. The molecule has 8 nitrogen and oxygen atoms in total. The number of urea groups is 1. The molecule has 0 fully saturated rings. The summed E-state index contributed by atoms with van der Waals surface area (Å²) in [6, 6.07) is 25.9. The van der Waals surface area contributed by atoms with Gasteiger partial charge in [-0.3, -0.25) is 0 Å². The van der Waals surface area contributed by atoms with Gasteiger partial charge < -0.3 is 15.4 Å². The predicted molar refractivity (Wildman–Crippen MR) is 127 cm³/mol. The molecule has 162 valence electrons. The lowest BCUT2D eigenvalue weighted by Crippen LogP contribution is -2.19. The van der Waals surface area contributed by atoms with Crippen molar-refractivity contribution >= 4 is 28.2 Å². The Morgan fingerprint density at radius 2 is 1.58 bits per heavy atom. The van der Waals surface area contributed by atoms with Crippen LogP contribution in [0.4, 0.5) is 16.2 Å². The molecule has 2 amide bonds. The van der Waals surface area contributed by atoms with E-state index in [0.717, 1.165) is 22.2 Å². The van der Waals surface area contributed by atoms with Crippen molar-refractivity contribution in [3.63, 3.8) is 0 Å². The molecule has 5 aromatic rings. The van der Waals surface area contributed by atoms with Gasteiger partial charge in [-0.15, -0.1) is 10.2 Å². The monoisotopic (exact) mass is 436 g/mol. The lowest BCUT2D eigenvalue weighted by molar-refractivity contribution is 0.262. The first-order valence-corrected chi connectivity index (χ1v) is 10.3. The van der Waals surface area contributed by atoms with Gasteiger partial charge in [0.1, 0.15) is 5.75 Å². The number of benzene rings is 3. The minimum Gasteiger partial charge on any atom is -0.438 e. The third-order valence-electron chi connectivity index (χ3n) is 4.93. The zero-order valence-corrected chi connectivity index (χ0v) is 17.8. The van der Waals surface area contributed by atoms with Crippen LogP contribution in [-0.4, -0.2) is 26.0 Å². The highest BCUT2D eigenvalue weighted by Crippen LogP contribution is 2.22. The van der Waals surface area contributed by atoms with Gasteiger partial charge in [-0.2, -0.15) is 5.10 Å². The van der Waals surface area contributed by atoms with Gasteiger partial charge in [0.25, 0.3) is 0 Å². The number of hydrogen-bond acceptors (Lipinski definition) is 5. The zero-order valence-electron chi connectivity index (χ0n) is 17.8. The van der Waals surface area contributed by atoms with Gasteiger partial charge in [-0.25, -0.2) is 9.48 Å². The maximum absolute atomic E-state index is 12.4. The molecule has 5 rings (SSSR count). The van der Waals surface area contributed by atoms with Crippen LogP contribution in [0.2, 0.25) is 0 Å². The molecule has 8 heteroatoms. The van der Waals surface area contributed by atoms with Crippen molar-refractivity contribution in [2.24, 2.45) is 0 Å². The van der Waals surface area contributed by atoms with Crippen molar-refractivity contribution in [3.8, 4) is 17.4 Å². The minimum absolute atomic E-state index is 0.325. The summed E-state index contributed by atoms with van der Waals surface area (Å²) in [6.45, 7) is 1.91. The summed E-state index contributed by atoms with van der Waals surface area (Å²) in [6.07, 6.45) is 1.82. The van der Waals surface area contributed by atoms with Crippen LogP contribution >= 0.6 is 0 Å². The number of fused-ring (bicyclic) bond motifs is 1. The van der Waals surface area contributed by atoms with E-state index < -0.39 is 0 Å². The Hall–Kier alpha value is -4.72. The van der Waals surface area contributed by atoms with E-state index in [2.05, 4.69) is 25.9 Å². The number of rotatable bonds is 5. The molecule has 0 aliphatic heterocycles. The highest BCUT2D eigenvalue weighted by Gasteiger charge is 2.06. The van der Waals surface area contributed by atoms with E-state index in [1.54, 1.807) is 41.1 Å². The molecule has 0 radical (unpaired) electrons. The Kier molecular flexibility index (Phi) is 5.38. The fraction of sp³-hybridized carbons (Fsp3) is 0.0400. The van der Waals surface area contributed by atoms with Crippen molar-refractivity contribution in [2.45, 2.75) is 6.92 Å². The lowest BCUT2D eigenvalue weighted by Gasteiger charge is -2.10. The second-order valence-electron chi connectivity index (χ2n) is 7.40. The Morgan fingerprint density at radius 3 is 2.30 bits per heavy atom. The first-order valence-electron chi connectivity index (χ1n) is 10.3. The third-order valence-corrected chi connectivity index (χ3v) is 4.93. The summed E-state index contributed by atoms with van der Waals surface area (Å²) >= 11 is 0. The molecule has 0 atom stereocenters. The van der Waals surface area contributed by atoms with Crippen LogP contribution in [0, 0.1) is 6.92 Å². The summed E-state index contributed by atoms with van der Waals surface area (Å²) in [7, 11) is 0. The summed E-state index contributed by atoms with van der Waals surface area (Å²) in [5.74, 6) is 1.54. The normalized spacial score (nSPS) is 10.7. The van der Waals surface area contributed by atoms with Crippen LogP contribution in [0.3, 0.4) is 0 Å². The number of amides is 2. The Morgan fingerprint density at radius 1 is 0.818 bits per heavy atom. The molecule has 0 unspecified atom stereocenters. The van der Waals surface area contributed by atoms with E-state index in [4.69, 9.17) is 4.74 Å². The maximum Gasteiger partial charge on any atom is 0.323 e. The van der Waals surface area contributed by atoms with Crippen molar-refractivity contribution < 1.29 is 9.53 Å². The van der Waals surface area contributed by atoms with E-state index in [9.17, 15) is 4.79 Å². The van der Waals surface area contributed by atoms with E-state index in [0.29, 0.717) is 23.1 Å². The highest BCUT2D eigenvalue weighted by atomic mass is 16.5. The number of aryl methyl sites for hydroxylation is 1. The van der Waals surface area contributed by atoms with Crippen LogP contribution in [0.1, 0.15) is 5.69 Å². The maximum atomic E-state index is 12.4. The molecule has 2 N–H and O–H groups in total. The average Bonchev–Trinajstić information content (AvgIpc) is 3.27. The Bertz CT molecular complexity index is 1410. The van der Waals surface area contributed by atoms with Crippen LogP contribution in [-0.2, 0) is 0 Å². The van der Waals surface area contributed by atoms with Gasteiger partial charge in [0.05, 0.1) is 5.69 Å². The molecule has 0 bridgehead atoms. The molecule has 0 aliphatic carbocycles. The number of carbonyl (C=O) groups excluding carboxylic acids is 1. The van der Waals surface area contributed by atoms with Gasteiger partial charge in [0.15, 0.2) is 5.82 Å². The van der Waals surface area contributed by atoms with E-state index >= 15 is 0 Å². The van der Waals surface area contributed by atoms with E-state index in [1.807, 2.05) is 61.7 Å². The van der Waals surface area contributed by atoms with Gasteiger partial charge in [-0.1, -0.05) is 30.3 Å². The van der Waals surface area contributed by atoms with Crippen molar-refractivity contribution in [2.75, 3.05) is 10.6 Å². The van der Waals surface area contributed by atoms with Gasteiger partial charge in [-0.05, 0) is 66.2 Å². The Labute approximate surface area is 189 Å². The van der Waals surface area contributed by atoms with Crippen molar-refractivity contribution in [1.82, 2.24) is 20.0 Å². The predicted octanol–water partition coefficient (Wildman–Crippen LogP) is 5.56. The summed E-state index contributed by atoms with van der Waals surface area (Å²) in [4.78, 5) is 12.4. The number of carbonyl (C=O) groups is 1.